The first-order valence-electron chi connectivity index (χ1n) is 7.08. The summed E-state index contributed by atoms with van der Waals surface area (Å²) in [6.45, 7) is -1.49. The van der Waals surface area contributed by atoms with E-state index < -0.39 is 12.5 Å². The van der Waals surface area contributed by atoms with Crippen LogP contribution in [0.4, 0.5) is 8.78 Å². The van der Waals surface area contributed by atoms with Crippen LogP contribution in [0.2, 0.25) is 0 Å². The summed E-state index contributed by atoms with van der Waals surface area (Å²) in [6.07, 6.45) is 2.71. The zero-order chi connectivity index (χ0) is 17.4. The fraction of sp³-hybridized carbons (Fsp3) is 0.250. The van der Waals surface area contributed by atoms with Gasteiger partial charge in [0.1, 0.15) is 11.5 Å². The SMILES string of the molecule is CC(NC(=O)CO/N=C/c1ccccc1OC(F)F)c1ccco1. The third-order valence-corrected chi connectivity index (χ3v) is 2.94. The number of hydrogen-bond acceptors (Lipinski definition) is 5. The molecule has 2 rings (SSSR count). The second-order valence-electron chi connectivity index (χ2n) is 4.73. The standard InChI is InChI=1S/C16H16F2N2O4/c1-11(13-7-4-8-22-13)20-15(21)10-23-19-9-12-5-2-3-6-14(12)24-16(17)18/h2-9,11,16H,10H2,1H3,(H,20,21)/b19-9+. The number of para-hydroxylation sites is 1. The molecule has 128 valence electrons. The van der Waals surface area contributed by atoms with Crippen molar-refractivity contribution in [1.82, 2.24) is 5.32 Å². The molecular formula is C16H16F2N2O4. The molecule has 1 amide bonds. The summed E-state index contributed by atoms with van der Waals surface area (Å²) in [6, 6.07) is 9.26. The van der Waals surface area contributed by atoms with Crippen LogP contribution in [0.15, 0.2) is 52.2 Å². The van der Waals surface area contributed by atoms with E-state index in [-0.39, 0.29) is 18.4 Å². The van der Waals surface area contributed by atoms with Crippen molar-refractivity contribution in [2.75, 3.05) is 6.61 Å². The lowest BCUT2D eigenvalue weighted by molar-refractivity contribution is -0.126. The van der Waals surface area contributed by atoms with Crippen LogP contribution in [-0.4, -0.2) is 25.3 Å². The van der Waals surface area contributed by atoms with E-state index in [2.05, 4.69) is 15.2 Å². The topological polar surface area (TPSA) is 73.1 Å². The number of rotatable bonds is 8. The number of benzene rings is 1. The highest BCUT2D eigenvalue weighted by atomic mass is 19.3. The Morgan fingerprint density at radius 3 is 2.83 bits per heavy atom. The Balaban J connectivity index is 1.81. The van der Waals surface area contributed by atoms with Gasteiger partial charge in [-0.25, -0.2) is 0 Å². The first-order valence-corrected chi connectivity index (χ1v) is 7.08. The van der Waals surface area contributed by atoms with E-state index in [1.54, 1.807) is 31.2 Å². The number of oxime groups is 1. The van der Waals surface area contributed by atoms with Crippen LogP contribution in [0, 0.1) is 0 Å². The largest absolute Gasteiger partial charge is 0.467 e. The average Bonchev–Trinajstić information content (AvgIpc) is 3.07. The Hall–Kier alpha value is -2.90. The average molecular weight is 338 g/mol. The van der Waals surface area contributed by atoms with Gasteiger partial charge >= 0.3 is 6.61 Å². The van der Waals surface area contributed by atoms with Gasteiger partial charge < -0.3 is 19.3 Å². The molecule has 0 spiro atoms. The second-order valence-corrected chi connectivity index (χ2v) is 4.73. The smallest absolute Gasteiger partial charge is 0.387 e. The van der Waals surface area contributed by atoms with E-state index in [9.17, 15) is 13.6 Å². The molecule has 0 fully saturated rings. The zero-order valence-electron chi connectivity index (χ0n) is 12.8. The summed E-state index contributed by atoms with van der Waals surface area (Å²) in [4.78, 5) is 16.6. The molecule has 0 aliphatic rings. The van der Waals surface area contributed by atoms with Gasteiger partial charge in [-0.15, -0.1) is 0 Å². The van der Waals surface area contributed by atoms with Gasteiger partial charge in [0.15, 0.2) is 6.61 Å². The molecule has 6 nitrogen and oxygen atoms in total. The molecule has 1 N–H and O–H groups in total. The Morgan fingerprint density at radius 1 is 1.33 bits per heavy atom. The van der Waals surface area contributed by atoms with Crippen molar-refractivity contribution >= 4 is 12.1 Å². The van der Waals surface area contributed by atoms with Gasteiger partial charge in [-0.3, -0.25) is 4.79 Å². The molecule has 2 aromatic rings. The Morgan fingerprint density at radius 2 is 2.12 bits per heavy atom. The van der Waals surface area contributed by atoms with Gasteiger partial charge in [0, 0.05) is 5.56 Å². The predicted octanol–water partition coefficient (Wildman–Crippen LogP) is 3.11. The monoisotopic (exact) mass is 338 g/mol. The summed E-state index contributed by atoms with van der Waals surface area (Å²) in [5.74, 6) is 0.189. The molecule has 24 heavy (non-hydrogen) atoms. The number of furan rings is 1. The van der Waals surface area contributed by atoms with Crippen molar-refractivity contribution in [2.45, 2.75) is 19.6 Å². The molecule has 1 aromatic carbocycles. The third-order valence-electron chi connectivity index (χ3n) is 2.94. The summed E-state index contributed by atoms with van der Waals surface area (Å²) < 4.78 is 34.1. The fourth-order valence-corrected chi connectivity index (χ4v) is 1.87. The maximum absolute atomic E-state index is 12.3. The van der Waals surface area contributed by atoms with Crippen LogP contribution in [0.3, 0.4) is 0 Å². The van der Waals surface area contributed by atoms with Crippen LogP contribution in [-0.2, 0) is 9.63 Å². The lowest BCUT2D eigenvalue weighted by atomic mass is 10.2. The van der Waals surface area contributed by atoms with Crippen molar-refractivity contribution in [1.29, 1.82) is 0 Å². The van der Waals surface area contributed by atoms with Gasteiger partial charge in [0.05, 0.1) is 18.5 Å². The molecule has 8 heteroatoms. The number of alkyl halides is 2. The van der Waals surface area contributed by atoms with Crippen LogP contribution >= 0.6 is 0 Å². The van der Waals surface area contributed by atoms with Crippen molar-refractivity contribution in [3.8, 4) is 5.75 Å². The number of nitrogens with zero attached hydrogens (tertiary/aromatic N) is 1. The van der Waals surface area contributed by atoms with Crippen LogP contribution in [0.5, 0.6) is 5.75 Å². The quantitative estimate of drug-likeness (QED) is 0.593. The first-order chi connectivity index (χ1) is 11.6. The van der Waals surface area contributed by atoms with E-state index in [1.165, 1.54) is 24.6 Å². The van der Waals surface area contributed by atoms with Gasteiger partial charge in [-0.05, 0) is 31.2 Å². The van der Waals surface area contributed by atoms with Gasteiger partial charge in [0.2, 0.25) is 0 Å². The minimum Gasteiger partial charge on any atom is -0.467 e. The highest BCUT2D eigenvalue weighted by Crippen LogP contribution is 2.18. The molecule has 0 aliphatic carbocycles. The zero-order valence-corrected chi connectivity index (χ0v) is 12.8. The molecule has 1 aromatic heterocycles. The number of ether oxygens (including phenoxy) is 1. The summed E-state index contributed by atoms with van der Waals surface area (Å²) in [5, 5.41) is 6.25. The van der Waals surface area contributed by atoms with Crippen molar-refractivity contribution < 1.29 is 27.6 Å². The number of nitrogens with one attached hydrogen (secondary N) is 1. The lowest BCUT2D eigenvalue weighted by Gasteiger charge is -2.10. The van der Waals surface area contributed by atoms with Crippen molar-refractivity contribution in [2.24, 2.45) is 5.16 Å². The van der Waals surface area contributed by atoms with E-state index in [1.807, 2.05) is 0 Å². The highest BCUT2D eigenvalue weighted by Gasteiger charge is 2.12. The summed E-state index contributed by atoms with van der Waals surface area (Å²) >= 11 is 0. The number of carbonyl (C=O) groups excluding carboxylic acids is 1. The molecule has 0 aliphatic heterocycles. The molecular weight excluding hydrogens is 322 g/mol. The molecule has 1 atom stereocenters. The van der Waals surface area contributed by atoms with E-state index in [0.29, 0.717) is 11.3 Å². The molecule has 1 unspecified atom stereocenters. The first kappa shape index (κ1) is 17.5. The Bertz CT molecular complexity index is 674. The Labute approximate surface area is 137 Å². The van der Waals surface area contributed by atoms with Crippen molar-refractivity contribution in [3.05, 3.63) is 54.0 Å². The fourth-order valence-electron chi connectivity index (χ4n) is 1.87. The van der Waals surface area contributed by atoms with Crippen LogP contribution in [0.1, 0.15) is 24.3 Å². The number of amides is 1. The number of halogens is 2. The minimum atomic E-state index is -2.94. The van der Waals surface area contributed by atoms with Gasteiger partial charge in [0.25, 0.3) is 5.91 Å². The third kappa shape index (κ3) is 5.38. The maximum Gasteiger partial charge on any atom is 0.387 e. The highest BCUT2D eigenvalue weighted by molar-refractivity contribution is 5.83. The molecule has 0 saturated carbocycles. The van der Waals surface area contributed by atoms with Crippen LogP contribution in [0.25, 0.3) is 0 Å². The Kier molecular flexibility index (Phi) is 6.30. The molecule has 0 saturated heterocycles. The van der Waals surface area contributed by atoms with Gasteiger partial charge in [-0.2, -0.15) is 8.78 Å². The summed E-state index contributed by atoms with van der Waals surface area (Å²) in [7, 11) is 0. The molecule has 0 bridgehead atoms. The van der Waals surface area contributed by atoms with Gasteiger partial charge in [-0.1, -0.05) is 17.3 Å². The lowest BCUT2D eigenvalue weighted by Crippen LogP contribution is -2.29. The van der Waals surface area contributed by atoms with E-state index in [0.717, 1.165) is 0 Å². The molecule has 1 heterocycles. The maximum atomic E-state index is 12.3. The number of hydrogen-bond donors (Lipinski definition) is 1. The second kappa shape index (κ2) is 8.66. The minimum absolute atomic E-state index is 0.0317. The van der Waals surface area contributed by atoms with Crippen LogP contribution < -0.4 is 10.1 Å². The van der Waals surface area contributed by atoms with E-state index >= 15 is 0 Å². The number of carbonyl (C=O) groups is 1. The predicted molar refractivity (Wildman–Crippen MR) is 81.9 cm³/mol. The van der Waals surface area contributed by atoms with Crippen molar-refractivity contribution in [3.63, 3.8) is 0 Å². The summed E-state index contributed by atoms with van der Waals surface area (Å²) in [5.41, 5.74) is 0.308. The normalized spacial score (nSPS) is 12.3. The van der Waals surface area contributed by atoms with E-state index in [4.69, 9.17) is 9.25 Å². The molecule has 0 radical (unpaired) electrons.